The largest absolute Gasteiger partial charge is 0.480 e. The van der Waals surface area contributed by atoms with E-state index >= 15 is 0 Å². The van der Waals surface area contributed by atoms with Crippen LogP contribution in [-0.2, 0) is 4.79 Å². The molecular formula is C13H26N2O3. The van der Waals surface area contributed by atoms with Gasteiger partial charge in [-0.2, -0.15) is 0 Å². The average Bonchev–Trinajstić information content (AvgIpc) is 2.25. The molecule has 5 nitrogen and oxygen atoms in total. The summed E-state index contributed by atoms with van der Waals surface area (Å²) in [6, 6.07) is -1.24. The Morgan fingerprint density at radius 2 is 1.83 bits per heavy atom. The molecule has 0 spiro atoms. The lowest BCUT2D eigenvalue weighted by molar-refractivity contribution is -0.139. The molecule has 0 fully saturated rings. The molecular weight excluding hydrogens is 232 g/mol. The minimum absolute atomic E-state index is 0.0219. The van der Waals surface area contributed by atoms with Crippen LogP contribution in [0.1, 0.15) is 47.5 Å². The number of rotatable bonds is 7. The number of urea groups is 1. The first kappa shape index (κ1) is 16.7. The van der Waals surface area contributed by atoms with Gasteiger partial charge in [-0.05, 0) is 24.2 Å². The van der Waals surface area contributed by atoms with Gasteiger partial charge in [0.25, 0.3) is 0 Å². The van der Waals surface area contributed by atoms with E-state index in [1.807, 2.05) is 13.8 Å². The monoisotopic (exact) mass is 258 g/mol. The molecule has 0 saturated carbocycles. The maximum atomic E-state index is 11.6. The lowest BCUT2D eigenvalue weighted by Gasteiger charge is -2.24. The fraction of sp³-hybridized carbons (Fsp3) is 0.846. The molecule has 0 aromatic rings. The van der Waals surface area contributed by atoms with E-state index in [2.05, 4.69) is 31.4 Å². The molecule has 18 heavy (non-hydrogen) atoms. The second-order valence-electron chi connectivity index (χ2n) is 5.87. The number of aliphatic carboxylic acids is 1. The summed E-state index contributed by atoms with van der Waals surface area (Å²) in [6.45, 7) is 10.5. The predicted octanol–water partition coefficient (Wildman–Crippen LogP) is 2.22. The molecule has 2 amide bonds. The Kier molecular flexibility index (Phi) is 6.73. The molecule has 0 bridgehead atoms. The lowest BCUT2D eigenvalue weighted by atomic mass is 9.90. The Hall–Kier alpha value is -1.26. The molecule has 0 heterocycles. The fourth-order valence-electron chi connectivity index (χ4n) is 1.35. The van der Waals surface area contributed by atoms with Crippen molar-refractivity contribution in [3.8, 4) is 0 Å². The standard InChI is InChI=1S/C13H26N2O3/c1-6-13(4,5)8-14-12(18)15-10(11(16)17)7-9(2)3/h9-10H,6-8H2,1-5H3,(H,16,17)(H2,14,15,18)/t10-/m0/s1. The zero-order valence-electron chi connectivity index (χ0n) is 12.0. The summed E-state index contributed by atoms with van der Waals surface area (Å²) in [4.78, 5) is 22.6. The summed E-state index contributed by atoms with van der Waals surface area (Å²) in [5.41, 5.74) is 0.0219. The van der Waals surface area contributed by atoms with Gasteiger partial charge in [-0.25, -0.2) is 9.59 Å². The summed E-state index contributed by atoms with van der Waals surface area (Å²) in [5.74, 6) is -0.771. The quantitative estimate of drug-likeness (QED) is 0.655. The lowest BCUT2D eigenvalue weighted by Crippen LogP contribution is -2.48. The molecule has 0 saturated heterocycles. The first-order chi connectivity index (χ1) is 8.18. The van der Waals surface area contributed by atoms with Crippen LogP contribution < -0.4 is 10.6 Å². The van der Waals surface area contributed by atoms with Gasteiger partial charge in [-0.15, -0.1) is 0 Å². The number of carboxylic acid groups (broad SMARTS) is 1. The molecule has 0 aliphatic carbocycles. The minimum atomic E-state index is -0.992. The van der Waals surface area contributed by atoms with E-state index in [9.17, 15) is 9.59 Å². The van der Waals surface area contributed by atoms with Crippen molar-refractivity contribution in [3.63, 3.8) is 0 Å². The van der Waals surface area contributed by atoms with Crippen molar-refractivity contribution in [2.24, 2.45) is 11.3 Å². The highest BCUT2D eigenvalue weighted by molar-refractivity contribution is 5.82. The number of hydrogen-bond acceptors (Lipinski definition) is 2. The Bertz CT molecular complexity index is 288. The third-order valence-corrected chi connectivity index (χ3v) is 3.00. The molecule has 5 heteroatoms. The highest BCUT2D eigenvalue weighted by atomic mass is 16.4. The van der Waals surface area contributed by atoms with Crippen LogP contribution in [0.5, 0.6) is 0 Å². The van der Waals surface area contributed by atoms with Crippen molar-refractivity contribution >= 4 is 12.0 Å². The van der Waals surface area contributed by atoms with Crippen LogP contribution >= 0.6 is 0 Å². The predicted molar refractivity (Wildman–Crippen MR) is 71.5 cm³/mol. The molecule has 0 aliphatic heterocycles. The van der Waals surface area contributed by atoms with E-state index in [0.717, 1.165) is 6.42 Å². The summed E-state index contributed by atoms with van der Waals surface area (Å²) < 4.78 is 0. The second kappa shape index (κ2) is 7.24. The van der Waals surface area contributed by atoms with E-state index in [1.54, 1.807) is 0 Å². The van der Waals surface area contributed by atoms with Gasteiger partial charge >= 0.3 is 12.0 Å². The zero-order valence-corrected chi connectivity index (χ0v) is 12.0. The van der Waals surface area contributed by atoms with Gasteiger partial charge in [0, 0.05) is 6.54 Å². The van der Waals surface area contributed by atoms with Crippen molar-refractivity contribution in [1.29, 1.82) is 0 Å². The van der Waals surface area contributed by atoms with Gasteiger partial charge in [0.05, 0.1) is 0 Å². The average molecular weight is 258 g/mol. The molecule has 0 aliphatic rings. The van der Waals surface area contributed by atoms with Gasteiger partial charge in [-0.3, -0.25) is 0 Å². The number of carboxylic acids is 1. The van der Waals surface area contributed by atoms with Crippen LogP contribution in [0.15, 0.2) is 0 Å². The second-order valence-corrected chi connectivity index (χ2v) is 5.87. The number of hydrogen-bond donors (Lipinski definition) is 3. The Morgan fingerprint density at radius 1 is 1.28 bits per heavy atom. The Balaban J connectivity index is 4.23. The van der Waals surface area contributed by atoms with Crippen molar-refractivity contribution in [2.45, 2.75) is 53.5 Å². The summed E-state index contributed by atoms with van der Waals surface area (Å²) in [7, 11) is 0. The summed E-state index contributed by atoms with van der Waals surface area (Å²) in [5, 5.41) is 14.2. The van der Waals surface area contributed by atoms with Gasteiger partial charge in [0.2, 0.25) is 0 Å². The zero-order chi connectivity index (χ0) is 14.3. The van der Waals surface area contributed by atoms with Crippen LogP contribution in [-0.4, -0.2) is 29.7 Å². The molecule has 106 valence electrons. The van der Waals surface area contributed by atoms with Crippen LogP contribution in [0, 0.1) is 11.3 Å². The summed E-state index contributed by atoms with van der Waals surface area (Å²) >= 11 is 0. The Labute approximate surface area is 109 Å². The number of carbonyl (C=O) groups is 2. The fourth-order valence-corrected chi connectivity index (χ4v) is 1.35. The molecule has 0 rings (SSSR count). The molecule has 0 unspecified atom stereocenters. The minimum Gasteiger partial charge on any atom is -0.480 e. The maximum absolute atomic E-state index is 11.6. The van der Waals surface area contributed by atoms with Gasteiger partial charge in [-0.1, -0.05) is 34.6 Å². The number of carbonyl (C=O) groups excluding carboxylic acids is 1. The molecule has 1 atom stereocenters. The van der Waals surface area contributed by atoms with Crippen molar-refractivity contribution < 1.29 is 14.7 Å². The van der Waals surface area contributed by atoms with E-state index < -0.39 is 18.0 Å². The topological polar surface area (TPSA) is 78.4 Å². The summed E-state index contributed by atoms with van der Waals surface area (Å²) in [6.07, 6.45) is 1.38. The third-order valence-electron chi connectivity index (χ3n) is 3.00. The van der Waals surface area contributed by atoms with Gasteiger partial charge < -0.3 is 15.7 Å². The van der Waals surface area contributed by atoms with Crippen LogP contribution in [0.25, 0.3) is 0 Å². The highest BCUT2D eigenvalue weighted by Gasteiger charge is 2.22. The highest BCUT2D eigenvalue weighted by Crippen LogP contribution is 2.17. The van der Waals surface area contributed by atoms with E-state index in [1.165, 1.54) is 0 Å². The molecule has 0 aromatic heterocycles. The van der Waals surface area contributed by atoms with E-state index in [0.29, 0.717) is 13.0 Å². The van der Waals surface area contributed by atoms with Crippen molar-refractivity contribution in [2.75, 3.05) is 6.54 Å². The van der Waals surface area contributed by atoms with E-state index in [-0.39, 0.29) is 11.3 Å². The Morgan fingerprint density at radius 3 is 2.22 bits per heavy atom. The smallest absolute Gasteiger partial charge is 0.326 e. The normalized spacial score (nSPS) is 13.2. The van der Waals surface area contributed by atoms with Crippen LogP contribution in [0.4, 0.5) is 4.79 Å². The van der Waals surface area contributed by atoms with Gasteiger partial charge in [0.15, 0.2) is 0 Å². The van der Waals surface area contributed by atoms with Gasteiger partial charge in [0.1, 0.15) is 6.04 Å². The SMILES string of the molecule is CCC(C)(C)CNC(=O)N[C@@H](CC(C)C)C(=O)O. The molecule has 0 radical (unpaired) electrons. The molecule has 0 aromatic carbocycles. The third kappa shape index (κ3) is 7.14. The van der Waals surface area contributed by atoms with Crippen LogP contribution in [0.3, 0.4) is 0 Å². The first-order valence-electron chi connectivity index (χ1n) is 6.45. The number of amides is 2. The van der Waals surface area contributed by atoms with E-state index in [4.69, 9.17) is 5.11 Å². The maximum Gasteiger partial charge on any atom is 0.326 e. The van der Waals surface area contributed by atoms with Crippen LogP contribution in [0.2, 0.25) is 0 Å². The molecule has 3 N–H and O–H groups in total. The first-order valence-corrected chi connectivity index (χ1v) is 6.45. The van der Waals surface area contributed by atoms with Crippen molar-refractivity contribution in [1.82, 2.24) is 10.6 Å². The van der Waals surface area contributed by atoms with Crippen molar-refractivity contribution in [3.05, 3.63) is 0 Å². The number of nitrogens with one attached hydrogen (secondary N) is 2.